The van der Waals surface area contributed by atoms with E-state index in [2.05, 4.69) is 10.3 Å². The third-order valence-corrected chi connectivity index (χ3v) is 4.94. The number of hydrogen-bond acceptors (Lipinski definition) is 4. The molecule has 130 valence electrons. The summed E-state index contributed by atoms with van der Waals surface area (Å²) in [5.41, 5.74) is 4.25. The van der Waals surface area contributed by atoms with Crippen LogP contribution in [0.1, 0.15) is 16.1 Å². The largest absolute Gasteiger partial charge is 0.497 e. The highest BCUT2D eigenvalue weighted by Gasteiger charge is 2.15. The highest BCUT2D eigenvalue weighted by molar-refractivity contribution is 7.15. The summed E-state index contributed by atoms with van der Waals surface area (Å²) >= 11 is 1.45. The molecule has 2 aromatic heterocycles. The Balaban J connectivity index is 1.64. The van der Waals surface area contributed by atoms with E-state index >= 15 is 0 Å². The van der Waals surface area contributed by atoms with E-state index in [-0.39, 0.29) is 5.91 Å². The van der Waals surface area contributed by atoms with E-state index < -0.39 is 0 Å². The first kappa shape index (κ1) is 16.4. The molecule has 0 fully saturated rings. The van der Waals surface area contributed by atoms with Gasteiger partial charge in [-0.25, -0.2) is 4.98 Å². The van der Waals surface area contributed by atoms with E-state index in [0.717, 1.165) is 33.2 Å². The van der Waals surface area contributed by atoms with Crippen molar-refractivity contribution >= 4 is 27.9 Å². The summed E-state index contributed by atoms with van der Waals surface area (Å²) in [7, 11) is 1.64. The van der Waals surface area contributed by atoms with Crippen molar-refractivity contribution in [3.05, 3.63) is 71.4 Å². The summed E-state index contributed by atoms with van der Waals surface area (Å²) in [5, 5.41) is 4.77. The maximum Gasteiger partial charge on any atom is 0.273 e. The summed E-state index contributed by atoms with van der Waals surface area (Å²) in [6, 6.07) is 15.4. The molecule has 1 N–H and O–H groups in total. The van der Waals surface area contributed by atoms with Gasteiger partial charge in [0.05, 0.1) is 12.8 Å². The summed E-state index contributed by atoms with van der Waals surface area (Å²) in [6.07, 6.45) is 1.89. The van der Waals surface area contributed by atoms with Crippen LogP contribution in [-0.2, 0) is 0 Å². The second kappa shape index (κ2) is 6.65. The summed E-state index contributed by atoms with van der Waals surface area (Å²) in [6.45, 7) is 2.00. The maximum atomic E-state index is 12.7. The first-order valence-electron chi connectivity index (χ1n) is 8.13. The van der Waals surface area contributed by atoms with Crippen molar-refractivity contribution in [2.75, 3.05) is 12.4 Å². The SMILES string of the molecule is COc1ccc(-c2cn3c(C(=O)Nc4cccc(C)c4)csc3n2)cc1. The molecular formula is C20H17N3O2S. The van der Waals surface area contributed by atoms with Crippen LogP contribution in [0.2, 0.25) is 0 Å². The van der Waals surface area contributed by atoms with Gasteiger partial charge in [-0.15, -0.1) is 11.3 Å². The Labute approximate surface area is 154 Å². The van der Waals surface area contributed by atoms with Crippen molar-refractivity contribution < 1.29 is 9.53 Å². The number of thiazole rings is 1. The molecule has 0 saturated carbocycles. The summed E-state index contributed by atoms with van der Waals surface area (Å²) in [4.78, 5) is 18.1. The lowest BCUT2D eigenvalue weighted by molar-refractivity contribution is 0.102. The fourth-order valence-corrected chi connectivity index (χ4v) is 3.62. The van der Waals surface area contributed by atoms with Gasteiger partial charge in [0.2, 0.25) is 0 Å². The van der Waals surface area contributed by atoms with E-state index in [0.29, 0.717) is 5.69 Å². The van der Waals surface area contributed by atoms with Crippen molar-refractivity contribution in [3.63, 3.8) is 0 Å². The van der Waals surface area contributed by atoms with Gasteiger partial charge < -0.3 is 10.1 Å². The Morgan fingerprint density at radius 3 is 2.73 bits per heavy atom. The number of aromatic nitrogens is 2. The molecule has 5 nitrogen and oxygen atoms in total. The first-order chi connectivity index (χ1) is 12.6. The quantitative estimate of drug-likeness (QED) is 0.575. The minimum atomic E-state index is -0.152. The number of anilines is 1. The van der Waals surface area contributed by atoms with Gasteiger partial charge in [-0.05, 0) is 48.9 Å². The zero-order valence-corrected chi connectivity index (χ0v) is 15.2. The number of nitrogens with zero attached hydrogens (tertiary/aromatic N) is 2. The molecule has 0 unspecified atom stereocenters. The fraction of sp³-hybridized carbons (Fsp3) is 0.100. The third kappa shape index (κ3) is 3.07. The minimum absolute atomic E-state index is 0.152. The summed E-state index contributed by atoms with van der Waals surface area (Å²) < 4.78 is 7.02. The minimum Gasteiger partial charge on any atom is -0.497 e. The van der Waals surface area contributed by atoms with Crippen molar-refractivity contribution in [3.8, 4) is 17.0 Å². The van der Waals surface area contributed by atoms with Gasteiger partial charge in [0, 0.05) is 22.8 Å². The number of ether oxygens (including phenoxy) is 1. The van der Waals surface area contributed by atoms with E-state index in [1.54, 1.807) is 7.11 Å². The van der Waals surface area contributed by atoms with Crippen LogP contribution < -0.4 is 10.1 Å². The molecular weight excluding hydrogens is 346 g/mol. The smallest absolute Gasteiger partial charge is 0.273 e. The number of imidazole rings is 1. The maximum absolute atomic E-state index is 12.7. The van der Waals surface area contributed by atoms with Crippen LogP contribution in [-0.4, -0.2) is 22.4 Å². The van der Waals surface area contributed by atoms with Gasteiger partial charge in [-0.2, -0.15) is 0 Å². The molecule has 26 heavy (non-hydrogen) atoms. The van der Waals surface area contributed by atoms with Crippen molar-refractivity contribution in [1.29, 1.82) is 0 Å². The lowest BCUT2D eigenvalue weighted by atomic mass is 10.2. The number of methoxy groups -OCH3 is 1. The van der Waals surface area contributed by atoms with Gasteiger partial charge in [-0.3, -0.25) is 9.20 Å². The van der Waals surface area contributed by atoms with Crippen LogP contribution in [0.25, 0.3) is 16.2 Å². The molecule has 4 aromatic rings. The van der Waals surface area contributed by atoms with Crippen LogP contribution >= 0.6 is 11.3 Å². The molecule has 0 bridgehead atoms. The number of hydrogen-bond donors (Lipinski definition) is 1. The van der Waals surface area contributed by atoms with Crippen LogP contribution in [0, 0.1) is 6.92 Å². The Hall–Kier alpha value is -3.12. The van der Waals surface area contributed by atoms with Gasteiger partial charge in [-0.1, -0.05) is 12.1 Å². The normalized spacial score (nSPS) is 10.8. The number of amides is 1. The van der Waals surface area contributed by atoms with Crippen LogP contribution in [0.3, 0.4) is 0 Å². The van der Waals surface area contributed by atoms with Crippen molar-refractivity contribution in [1.82, 2.24) is 9.38 Å². The number of carbonyl (C=O) groups excluding carboxylic acids is 1. The van der Waals surface area contributed by atoms with Gasteiger partial charge in [0.1, 0.15) is 11.4 Å². The molecule has 0 aliphatic carbocycles. The van der Waals surface area contributed by atoms with E-state index in [1.165, 1.54) is 11.3 Å². The Bertz CT molecular complexity index is 1080. The van der Waals surface area contributed by atoms with Crippen LogP contribution in [0.4, 0.5) is 5.69 Å². The zero-order chi connectivity index (χ0) is 18.1. The lowest BCUT2D eigenvalue weighted by Crippen LogP contribution is -2.13. The van der Waals surface area contributed by atoms with E-state index in [4.69, 9.17) is 4.74 Å². The number of benzene rings is 2. The Kier molecular flexibility index (Phi) is 4.18. The molecule has 1 amide bonds. The molecule has 0 radical (unpaired) electrons. The average Bonchev–Trinajstić information content (AvgIpc) is 3.22. The number of rotatable bonds is 4. The molecule has 6 heteroatoms. The lowest BCUT2D eigenvalue weighted by Gasteiger charge is -2.05. The second-order valence-electron chi connectivity index (χ2n) is 5.95. The predicted octanol–water partition coefficient (Wildman–Crippen LogP) is 4.63. The molecule has 4 rings (SSSR count). The molecule has 0 aliphatic heterocycles. The van der Waals surface area contributed by atoms with Crippen LogP contribution in [0.5, 0.6) is 5.75 Å². The molecule has 2 aromatic carbocycles. The number of carbonyl (C=O) groups is 1. The molecule has 2 heterocycles. The first-order valence-corrected chi connectivity index (χ1v) is 9.01. The average molecular weight is 363 g/mol. The predicted molar refractivity (Wildman–Crippen MR) is 104 cm³/mol. The topological polar surface area (TPSA) is 55.6 Å². The van der Waals surface area contributed by atoms with Crippen LogP contribution in [0.15, 0.2) is 60.1 Å². The standard InChI is InChI=1S/C20H17N3O2S/c1-13-4-3-5-15(10-13)21-19(24)18-12-26-20-22-17(11-23(18)20)14-6-8-16(25-2)9-7-14/h3-12H,1-2H3,(H,21,24). The number of nitrogens with one attached hydrogen (secondary N) is 1. The second-order valence-corrected chi connectivity index (χ2v) is 6.79. The van der Waals surface area contributed by atoms with Gasteiger partial charge in [0.25, 0.3) is 5.91 Å². The fourth-order valence-electron chi connectivity index (χ4n) is 2.77. The van der Waals surface area contributed by atoms with Gasteiger partial charge >= 0.3 is 0 Å². The Morgan fingerprint density at radius 2 is 2.00 bits per heavy atom. The molecule has 0 spiro atoms. The molecule has 0 saturated heterocycles. The van der Waals surface area contributed by atoms with Crippen molar-refractivity contribution in [2.24, 2.45) is 0 Å². The van der Waals surface area contributed by atoms with Gasteiger partial charge in [0.15, 0.2) is 4.96 Å². The molecule has 0 atom stereocenters. The molecule has 0 aliphatic rings. The van der Waals surface area contributed by atoms with E-state index in [1.807, 2.05) is 71.4 Å². The number of aryl methyl sites for hydroxylation is 1. The highest BCUT2D eigenvalue weighted by atomic mass is 32.1. The summed E-state index contributed by atoms with van der Waals surface area (Å²) in [5.74, 6) is 0.647. The zero-order valence-electron chi connectivity index (χ0n) is 14.4. The third-order valence-electron chi connectivity index (χ3n) is 4.10. The number of fused-ring (bicyclic) bond motifs is 1. The van der Waals surface area contributed by atoms with Crippen molar-refractivity contribution in [2.45, 2.75) is 6.92 Å². The monoisotopic (exact) mass is 363 g/mol. The van der Waals surface area contributed by atoms with E-state index in [9.17, 15) is 4.79 Å². The Morgan fingerprint density at radius 1 is 1.19 bits per heavy atom. The highest BCUT2D eigenvalue weighted by Crippen LogP contribution is 2.25.